The molecular formula is C5H4F3S. The molecule has 1 radical (unpaired) electrons. The Bertz CT molecular complexity index is 126. The van der Waals surface area contributed by atoms with Gasteiger partial charge in [-0.1, -0.05) is 12.2 Å². The quantitative estimate of drug-likeness (QED) is 0.562. The first-order valence-electron chi connectivity index (χ1n) is 2.23. The van der Waals surface area contributed by atoms with Crippen LogP contribution in [0.4, 0.5) is 13.2 Å². The van der Waals surface area contributed by atoms with Gasteiger partial charge < -0.3 is 0 Å². The van der Waals surface area contributed by atoms with Gasteiger partial charge >= 0.3 is 6.08 Å². The molecule has 0 nitrogen and oxygen atoms in total. The number of allylic oxidation sites excluding steroid dienone is 1. The predicted octanol–water partition coefficient (Wildman–Crippen LogP) is 2.72. The molecule has 9 heavy (non-hydrogen) atoms. The van der Waals surface area contributed by atoms with Crippen LogP contribution < -0.4 is 0 Å². The number of hydrogen-bond acceptors (Lipinski definition) is 1. The van der Waals surface area contributed by atoms with Crippen molar-refractivity contribution in [2.24, 2.45) is 0 Å². The van der Waals surface area contributed by atoms with E-state index in [2.05, 4.69) is 17.6 Å². The van der Waals surface area contributed by atoms with Crippen LogP contribution in [0.5, 0.6) is 0 Å². The number of halogens is 3. The van der Waals surface area contributed by atoms with Gasteiger partial charge in [0.1, 0.15) is 0 Å². The first-order valence-corrected chi connectivity index (χ1v) is 2.64. The van der Waals surface area contributed by atoms with E-state index in [1.54, 1.807) is 0 Å². The molecule has 0 aromatic rings. The third kappa shape index (κ3) is 4.14. The third-order valence-electron chi connectivity index (χ3n) is 0.652. The van der Waals surface area contributed by atoms with Crippen molar-refractivity contribution < 1.29 is 13.2 Å². The first-order chi connectivity index (χ1) is 4.18. The Morgan fingerprint density at radius 1 is 1.33 bits per heavy atom. The lowest BCUT2D eigenvalue weighted by atomic mass is 10.3. The summed E-state index contributed by atoms with van der Waals surface area (Å²) in [5.74, 6) is -1.40. The second-order valence-corrected chi connectivity index (χ2v) is 1.60. The molecule has 0 heterocycles. The van der Waals surface area contributed by atoms with Crippen LogP contribution in [0, 0.1) is 0 Å². The van der Waals surface area contributed by atoms with Crippen LogP contribution in [0.2, 0.25) is 0 Å². The zero-order valence-corrected chi connectivity index (χ0v) is 5.27. The highest BCUT2D eigenvalue weighted by molar-refractivity contribution is 7.78. The van der Waals surface area contributed by atoms with Crippen molar-refractivity contribution in [3.63, 3.8) is 0 Å². The maximum atomic E-state index is 11.8. The van der Waals surface area contributed by atoms with Crippen LogP contribution in [-0.4, -0.2) is 5.37 Å². The standard InChI is InChI=1S/C5H4F3S/c6-4(5(7)8)2-1-3-9/h1-2H2. The van der Waals surface area contributed by atoms with Gasteiger partial charge in [0.05, 0.1) is 0 Å². The molecule has 0 aliphatic heterocycles. The minimum atomic E-state index is -2.26. The van der Waals surface area contributed by atoms with E-state index in [1.807, 2.05) is 0 Å². The SMILES string of the molecule is FC(F)=C(F)CC[C]=S. The van der Waals surface area contributed by atoms with Crippen molar-refractivity contribution in [2.45, 2.75) is 12.8 Å². The van der Waals surface area contributed by atoms with Crippen molar-refractivity contribution in [3.8, 4) is 0 Å². The maximum Gasteiger partial charge on any atom is 0.301 e. The second kappa shape index (κ2) is 4.49. The average Bonchev–Trinajstić information content (AvgIpc) is 1.82. The zero-order valence-electron chi connectivity index (χ0n) is 4.46. The van der Waals surface area contributed by atoms with Crippen LogP contribution in [0.15, 0.2) is 11.9 Å². The summed E-state index contributed by atoms with van der Waals surface area (Å²) in [4.78, 5) is 0. The van der Waals surface area contributed by atoms with E-state index in [0.717, 1.165) is 0 Å². The van der Waals surface area contributed by atoms with Gasteiger partial charge in [-0.15, -0.1) is 0 Å². The highest BCUT2D eigenvalue weighted by Crippen LogP contribution is 2.13. The Kier molecular flexibility index (Phi) is 4.30. The zero-order chi connectivity index (χ0) is 7.28. The van der Waals surface area contributed by atoms with Crippen LogP contribution in [0.1, 0.15) is 12.8 Å². The molecule has 0 fully saturated rings. The van der Waals surface area contributed by atoms with Gasteiger partial charge in [-0.25, -0.2) is 4.39 Å². The van der Waals surface area contributed by atoms with E-state index in [0.29, 0.717) is 0 Å². The molecule has 0 aromatic heterocycles. The van der Waals surface area contributed by atoms with Gasteiger partial charge in [0.15, 0.2) is 5.83 Å². The van der Waals surface area contributed by atoms with E-state index in [1.165, 1.54) is 0 Å². The Morgan fingerprint density at radius 2 is 1.89 bits per heavy atom. The number of hydrogen-bond donors (Lipinski definition) is 0. The Balaban J connectivity index is 3.62. The maximum absolute atomic E-state index is 11.8. The Hall–Kier alpha value is -0.380. The van der Waals surface area contributed by atoms with Gasteiger partial charge in [-0.2, -0.15) is 8.78 Å². The molecule has 0 aliphatic carbocycles. The molecular weight excluding hydrogens is 149 g/mol. The molecule has 51 valence electrons. The average molecular weight is 153 g/mol. The number of rotatable bonds is 3. The Labute approximate surface area is 56.4 Å². The van der Waals surface area contributed by atoms with Crippen molar-refractivity contribution in [3.05, 3.63) is 11.9 Å². The summed E-state index contributed by atoms with van der Waals surface area (Å²) < 4.78 is 34.1. The predicted molar refractivity (Wildman–Crippen MR) is 32.2 cm³/mol. The van der Waals surface area contributed by atoms with E-state index >= 15 is 0 Å². The lowest BCUT2D eigenvalue weighted by molar-refractivity contribution is 0.371. The van der Waals surface area contributed by atoms with Crippen LogP contribution in [0.3, 0.4) is 0 Å². The smallest absolute Gasteiger partial charge is 0.206 e. The van der Waals surface area contributed by atoms with Crippen LogP contribution >= 0.6 is 12.2 Å². The van der Waals surface area contributed by atoms with Crippen molar-refractivity contribution in [2.75, 3.05) is 0 Å². The molecule has 0 spiro atoms. The van der Waals surface area contributed by atoms with E-state index in [4.69, 9.17) is 0 Å². The lowest BCUT2D eigenvalue weighted by Gasteiger charge is -1.87. The van der Waals surface area contributed by atoms with E-state index < -0.39 is 11.9 Å². The fourth-order valence-electron chi connectivity index (χ4n) is 0.255. The van der Waals surface area contributed by atoms with Gasteiger partial charge in [-0.3, -0.25) is 0 Å². The third-order valence-corrected chi connectivity index (χ3v) is 0.856. The normalized spacial score (nSPS) is 8.78. The summed E-state index contributed by atoms with van der Waals surface area (Å²) in [5.41, 5.74) is 0. The molecule has 0 bridgehead atoms. The monoisotopic (exact) mass is 153 g/mol. The van der Waals surface area contributed by atoms with Crippen molar-refractivity contribution in [1.29, 1.82) is 0 Å². The molecule has 0 unspecified atom stereocenters. The van der Waals surface area contributed by atoms with E-state index in [9.17, 15) is 13.2 Å². The summed E-state index contributed by atoms with van der Waals surface area (Å²) in [5, 5.41) is 2.13. The van der Waals surface area contributed by atoms with Crippen molar-refractivity contribution >= 4 is 17.6 Å². The van der Waals surface area contributed by atoms with Gasteiger partial charge in [0, 0.05) is 11.8 Å². The lowest BCUT2D eigenvalue weighted by Crippen LogP contribution is -1.77. The van der Waals surface area contributed by atoms with Gasteiger partial charge in [0.2, 0.25) is 0 Å². The highest BCUT2D eigenvalue weighted by Gasteiger charge is 2.01. The molecule has 0 atom stereocenters. The highest BCUT2D eigenvalue weighted by atomic mass is 32.1. The second-order valence-electron chi connectivity index (χ2n) is 1.31. The fraction of sp³-hybridized carbons (Fsp3) is 0.400. The molecule has 0 saturated heterocycles. The molecule has 0 rings (SSSR count). The van der Waals surface area contributed by atoms with E-state index in [-0.39, 0.29) is 12.8 Å². The molecule has 0 aliphatic rings. The minimum Gasteiger partial charge on any atom is -0.206 e. The van der Waals surface area contributed by atoms with Crippen molar-refractivity contribution in [1.82, 2.24) is 0 Å². The molecule has 0 saturated carbocycles. The van der Waals surface area contributed by atoms with Crippen LogP contribution in [-0.2, 0) is 0 Å². The molecule has 0 amide bonds. The van der Waals surface area contributed by atoms with Crippen LogP contribution in [0.25, 0.3) is 0 Å². The minimum absolute atomic E-state index is 0.0541. The summed E-state index contributed by atoms with van der Waals surface area (Å²) in [6.45, 7) is 0. The fourth-order valence-corrected chi connectivity index (χ4v) is 0.357. The summed E-state index contributed by atoms with van der Waals surface area (Å²) >= 11 is 4.17. The summed E-state index contributed by atoms with van der Waals surface area (Å²) in [7, 11) is 0. The molecule has 0 N–H and O–H groups in total. The topological polar surface area (TPSA) is 0 Å². The first kappa shape index (κ1) is 8.62. The number of thiocarbonyl (C=S) groups is 1. The molecule has 4 heteroatoms. The largest absolute Gasteiger partial charge is 0.301 e. The van der Waals surface area contributed by atoms with Gasteiger partial charge in [0.25, 0.3) is 0 Å². The summed E-state index contributed by atoms with van der Waals surface area (Å²) in [6.07, 6.45) is -2.55. The van der Waals surface area contributed by atoms with Gasteiger partial charge in [-0.05, 0) is 6.42 Å². The Morgan fingerprint density at radius 3 is 2.22 bits per heavy atom. The summed E-state index contributed by atoms with van der Waals surface area (Å²) in [6, 6.07) is 0. The molecule has 0 aromatic carbocycles.